The van der Waals surface area contributed by atoms with Crippen molar-refractivity contribution in [3.63, 3.8) is 0 Å². The molecule has 0 saturated heterocycles. The Labute approximate surface area is 152 Å². The summed E-state index contributed by atoms with van der Waals surface area (Å²) in [6.45, 7) is 2.37. The van der Waals surface area contributed by atoms with E-state index in [0.717, 1.165) is 24.6 Å². The van der Waals surface area contributed by atoms with Crippen molar-refractivity contribution in [1.82, 2.24) is 10.3 Å². The van der Waals surface area contributed by atoms with Gasteiger partial charge in [0.2, 0.25) is 0 Å². The number of benzene rings is 1. The lowest BCUT2D eigenvalue weighted by Crippen LogP contribution is -2.24. The summed E-state index contributed by atoms with van der Waals surface area (Å²) in [7, 11) is 0. The minimum Gasteiger partial charge on any atom is -0.352 e. The van der Waals surface area contributed by atoms with Gasteiger partial charge in [0.25, 0.3) is 11.8 Å². The Balaban J connectivity index is 2.22. The second-order valence-electron chi connectivity index (χ2n) is 5.33. The molecule has 2 aromatic rings. The number of aromatic nitrogens is 1. The predicted molar refractivity (Wildman–Crippen MR) is 91.3 cm³/mol. The molecule has 0 saturated carbocycles. The molecule has 0 aliphatic rings. The van der Waals surface area contributed by atoms with Crippen LogP contribution in [0.2, 0.25) is 5.02 Å². The van der Waals surface area contributed by atoms with E-state index in [9.17, 15) is 22.8 Å². The molecule has 0 unspecified atom stereocenters. The molecule has 2 amide bonds. The quantitative estimate of drug-likeness (QED) is 0.812. The van der Waals surface area contributed by atoms with E-state index in [1.54, 1.807) is 0 Å². The molecule has 1 heterocycles. The molecule has 0 aliphatic heterocycles. The van der Waals surface area contributed by atoms with Crippen LogP contribution in [0.1, 0.15) is 39.8 Å². The van der Waals surface area contributed by atoms with Gasteiger partial charge in [0.1, 0.15) is 5.69 Å². The van der Waals surface area contributed by atoms with Gasteiger partial charge in [-0.15, -0.1) is 0 Å². The fraction of sp³-hybridized carbons (Fsp3) is 0.235. The molecule has 0 spiro atoms. The van der Waals surface area contributed by atoms with E-state index >= 15 is 0 Å². The smallest absolute Gasteiger partial charge is 0.352 e. The number of nitrogens with one attached hydrogen (secondary N) is 2. The lowest BCUT2D eigenvalue weighted by molar-refractivity contribution is -0.137. The minimum absolute atomic E-state index is 0.0526. The minimum atomic E-state index is -4.57. The van der Waals surface area contributed by atoms with Gasteiger partial charge in [-0.25, -0.2) is 0 Å². The predicted octanol–water partition coefficient (Wildman–Crippen LogP) is 4.15. The number of nitrogens with zero attached hydrogens (tertiary/aromatic N) is 1. The monoisotopic (exact) mass is 385 g/mol. The van der Waals surface area contributed by atoms with Gasteiger partial charge in [0.05, 0.1) is 16.3 Å². The Bertz CT molecular complexity index is 825. The number of rotatable bonds is 5. The Hall–Kier alpha value is -2.61. The molecule has 2 N–H and O–H groups in total. The first-order chi connectivity index (χ1) is 12.2. The van der Waals surface area contributed by atoms with Crippen molar-refractivity contribution in [3.8, 4) is 0 Å². The number of pyridine rings is 1. The van der Waals surface area contributed by atoms with Gasteiger partial charge in [-0.05, 0) is 36.8 Å². The average molecular weight is 386 g/mol. The number of alkyl halides is 3. The highest BCUT2D eigenvalue weighted by Gasteiger charge is 2.31. The Morgan fingerprint density at radius 2 is 1.88 bits per heavy atom. The molecule has 0 bridgehead atoms. The van der Waals surface area contributed by atoms with E-state index < -0.39 is 17.6 Å². The Morgan fingerprint density at radius 3 is 2.54 bits per heavy atom. The lowest BCUT2D eigenvalue weighted by Gasteiger charge is -2.11. The van der Waals surface area contributed by atoms with Crippen molar-refractivity contribution in [2.75, 3.05) is 11.9 Å². The number of halogens is 4. The molecular formula is C17H15ClF3N3O2. The molecule has 1 aromatic carbocycles. The molecular weight excluding hydrogens is 371 g/mol. The topological polar surface area (TPSA) is 71.1 Å². The lowest BCUT2D eigenvalue weighted by atomic mass is 10.1. The van der Waals surface area contributed by atoms with Gasteiger partial charge in [-0.3, -0.25) is 14.6 Å². The number of carbonyl (C=O) groups is 2. The molecule has 0 aliphatic carbocycles. The molecule has 138 valence electrons. The van der Waals surface area contributed by atoms with Crippen LogP contribution in [0.5, 0.6) is 0 Å². The van der Waals surface area contributed by atoms with Crippen LogP contribution in [-0.2, 0) is 6.18 Å². The molecule has 0 atom stereocenters. The van der Waals surface area contributed by atoms with Crippen LogP contribution < -0.4 is 10.6 Å². The number of anilines is 1. The standard InChI is InChI=1S/C17H15ClF3N3O2/c1-2-6-23-15(25)10-5-7-22-14(8-10)16(26)24-13-9-11(17(19,20)21)3-4-12(13)18/h3-5,7-9H,2,6H2,1H3,(H,23,25)(H,24,26). The second-order valence-corrected chi connectivity index (χ2v) is 5.74. The zero-order valence-electron chi connectivity index (χ0n) is 13.7. The summed E-state index contributed by atoms with van der Waals surface area (Å²) in [5, 5.41) is 4.88. The molecule has 0 radical (unpaired) electrons. The molecule has 1 aromatic heterocycles. The summed E-state index contributed by atoms with van der Waals surface area (Å²) in [4.78, 5) is 28.0. The van der Waals surface area contributed by atoms with E-state index in [0.29, 0.717) is 6.54 Å². The molecule has 2 rings (SSSR count). The maximum atomic E-state index is 12.8. The normalized spacial score (nSPS) is 11.1. The number of carbonyl (C=O) groups excluding carboxylic acids is 2. The van der Waals surface area contributed by atoms with Crippen LogP contribution in [0.25, 0.3) is 0 Å². The van der Waals surface area contributed by atoms with E-state index in [-0.39, 0.29) is 27.9 Å². The first-order valence-corrected chi connectivity index (χ1v) is 8.02. The first kappa shape index (κ1) is 19.7. The van der Waals surface area contributed by atoms with Crippen molar-refractivity contribution in [2.45, 2.75) is 19.5 Å². The fourth-order valence-corrected chi connectivity index (χ4v) is 2.19. The van der Waals surface area contributed by atoms with E-state index in [1.165, 1.54) is 18.3 Å². The molecule has 9 heteroatoms. The van der Waals surface area contributed by atoms with Crippen molar-refractivity contribution in [3.05, 3.63) is 58.4 Å². The third kappa shape index (κ3) is 4.95. The fourth-order valence-electron chi connectivity index (χ4n) is 2.02. The summed E-state index contributed by atoms with van der Waals surface area (Å²) in [6.07, 6.45) is -2.55. The van der Waals surface area contributed by atoms with Crippen LogP contribution in [0.4, 0.5) is 18.9 Å². The van der Waals surface area contributed by atoms with Crippen molar-refractivity contribution in [1.29, 1.82) is 0 Å². The Morgan fingerprint density at radius 1 is 1.15 bits per heavy atom. The van der Waals surface area contributed by atoms with E-state index in [4.69, 9.17) is 11.6 Å². The molecule has 5 nitrogen and oxygen atoms in total. The SMILES string of the molecule is CCCNC(=O)c1ccnc(C(=O)Nc2cc(C(F)(F)F)ccc2Cl)c1. The highest BCUT2D eigenvalue weighted by atomic mass is 35.5. The maximum absolute atomic E-state index is 12.8. The van der Waals surface area contributed by atoms with Gasteiger partial charge in [0, 0.05) is 18.3 Å². The highest BCUT2D eigenvalue weighted by Crippen LogP contribution is 2.33. The van der Waals surface area contributed by atoms with Gasteiger partial charge >= 0.3 is 6.18 Å². The number of amides is 2. The summed E-state index contributed by atoms with van der Waals surface area (Å²) < 4.78 is 38.4. The Kier molecular flexibility index (Phi) is 6.20. The van der Waals surface area contributed by atoms with Crippen molar-refractivity contribution < 1.29 is 22.8 Å². The van der Waals surface area contributed by atoms with Gasteiger partial charge in [-0.1, -0.05) is 18.5 Å². The average Bonchev–Trinajstić information content (AvgIpc) is 2.60. The van der Waals surface area contributed by atoms with E-state index in [1.807, 2.05) is 6.92 Å². The zero-order chi connectivity index (χ0) is 19.3. The van der Waals surface area contributed by atoms with Crippen LogP contribution in [0, 0.1) is 0 Å². The second kappa shape index (κ2) is 8.18. The number of hydrogen-bond donors (Lipinski definition) is 2. The van der Waals surface area contributed by atoms with Crippen LogP contribution in [0.3, 0.4) is 0 Å². The van der Waals surface area contributed by atoms with Gasteiger partial charge in [-0.2, -0.15) is 13.2 Å². The van der Waals surface area contributed by atoms with Gasteiger partial charge in [0.15, 0.2) is 0 Å². The van der Waals surface area contributed by atoms with E-state index in [2.05, 4.69) is 15.6 Å². The summed E-state index contributed by atoms with van der Waals surface area (Å²) in [6, 6.07) is 5.27. The van der Waals surface area contributed by atoms with Crippen molar-refractivity contribution in [2.24, 2.45) is 0 Å². The summed E-state index contributed by atoms with van der Waals surface area (Å²) in [5.41, 5.74) is -1.05. The van der Waals surface area contributed by atoms with Crippen LogP contribution >= 0.6 is 11.6 Å². The van der Waals surface area contributed by atoms with Crippen LogP contribution in [-0.4, -0.2) is 23.3 Å². The molecule has 26 heavy (non-hydrogen) atoms. The third-order valence-electron chi connectivity index (χ3n) is 3.33. The van der Waals surface area contributed by atoms with Gasteiger partial charge < -0.3 is 10.6 Å². The first-order valence-electron chi connectivity index (χ1n) is 7.64. The molecule has 0 fully saturated rings. The van der Waals surface area contributed by atoms with Crippen molar-refractivity contribution >= 4 is 29.1 Å². The maximum Gasteiger partial charge on any atom is 0.416 e. The summed E-state index contributed by atoms with van der Waals surface area (Å²) in [5.74, 6) is -1.16. The zero-order valence-corrected chi connectivity index (χ0v) is 14.4. The third-order valence-corrected chi connectivity index (χ3v) is 3.66. The van der Waals surface area contributed by atoms with Crippen LogP contribution in [0.15, 0.2) is 36.5 Å². The summed E-state index contributed by atoms with van der Waals surface area (Å²) >= 11 is 5.85. The highest BCUT2D eigenvalue weighted by molar-refractivity contribution is 6.34. The largest absolute Gasteiger partial charge is 0.416 e. The number of hydrogen-bond acceptors (Lipinski definition) is 3.